The Morgan fingerprint density at radius 2 is 2.55 bits per heavy atom. The first-order chi connectivity index (χ1) is 5.42. The molecule has 0 unspecified atom stereocenters. The van der Waals surface area contributed by atoms with Gasteiger partial charge in [-0.15, -0.1) is 0 Å². The quantitative estimate of drug-likeness (QED) is 0.670. The van der Waals surface area contributed by atoms with Crippen LogP contribution in [0.4, 0.5) is 0 Å². The molecule has 0 saturated carbocycles. The smallest absolute Gasteiger partial charge is 0.114 e. The predicted octanol–water partition coefficient (Wildman–Crippen LogP) is 0.590. The van der Waals surface area contributed by atoms with Crippen molar-refractivity contribution in [2.24, 2.45) is 0 Å². The van der Waals surface area contributed by atoms with Crippen LogP contribution in [0, 0.1) is 0 Å². The Kier molecular flexibility index (Phi) is 1.66. The lowest BCUT2D eigenvalue weighted by Gasteiger charge is -2.26. The largest absolute Gasteiger partial charge is 0.335 e. The van der Waals surface area contributed by atoms with Crippen LogP contribution in [0.5, 0.6) is 0 Å². The summed E-state index contributed by atoms with van der Waals surface area (Å²) in [5.74, 6) is 1.90. The summed E-state index contributed by atoms with van der Waals surface area (Å²) in [6, 6.07) is 0. The standard InChI is InChI=1S/C8H13N3/c1-2-11-4-3-10-8(11)7-5-9-6-7/h3-4,7,9H,2,5-6H2,1H3. The zero-order valence-electron chi connectivity index (χ0n) is 6.75. The van der Waals surface area contributed by atoms with Crippen molar-refractivity contribution in [3.05, 3.63) is 18.2 Å². The molecule has 1 aliphatic heterocycles. The molecule has 1 fully saturated rings. The minimum absolute atomic E-state index is 0.657. The van der Waals surface area contributed by atoms with E-state index in [1.54, 1.807) is 0 Å². The van der Waals surface area contributed by atoms with E-state index in [4.69, 9.17) is 0 Å². The van der Waals surface area contributed by atoms with Crippen LogP contribution in [0.15, 0.2) is 12.4 Å². The molecule has 2 rings (SSSR count). The van der Waals surface area contributed by atoms with E-state index >= 15 is 0 Å². The van der Waals surface area contributed by atoms with Gasteiger partial charge in [-0.25, -0.2) is 4.98 Å². The Bertz CT molecular complexity index is 237. The van der Waals surface area contributed by atoms with Gasteiger partial charge < -0.3 is 9.88 Å². The van der Waals surface area contributed by atoms with Crippen LogP contribution in [-0.4, -0.2) is 22.6 Å². The van der Waals surface area contributed by atoms with Crippen LogP contribution in [0.1, 0.15) is 18.7 Å². The molecule has 1 aromatic heterocycles. The third-order valence-corrected chi connectivity index (χ3v) is 2.23. The Hall–Kier alpha value is -0.830. The zero-order chi connectivity index (χ0) is 7.68. The van der Waals surface area contributed by atoms with Gasteiger partial charge in [0.25, 0.3) is 0 Å². The van der Waals surface area contributed by atoms with Gasteiger partial charge in [-0.2, -0.15) is 0 Å². The molecular weight excluding hydrogens is 138 g/mol. The number of rotatable bonds is 2. The highest BCUT2D eigenvalue weighted by Gasteiger charge is 2.22. The van der Waals surface area contributed by atoms with Crippen molar-refractivity contribution < 1.29 is 0 Å². The second kappa shape index (κ2) is 2.66. The third kappa shape index (κ3) is 1.05. The van der Waals surface area contributed by atoms with Gasteiger partial charge in [0.1, 0.15) is 5.82 Å². The van der Waals surface area contributed by atoms with Crippen molar-refractivity contribution in [1.82, 2.24) is 14.9 Å². The maximum absolute atomic E-state index is 4.33. The van der Waals surface area contributed by atoms with E-state index in [0.29, 0.717) is 5.92 Å². The van der Waals surface area contributed by atoms with E-state index in [9.17, 15) is 0 Å². The van der Waals surface area contributed by atoms with Gasteiger partial charge in [0, 0.05) is 37.9 Å². The predicted molar refractivity (Wildman–Crippen MR) is 43.5 cm³/mol. The summed E-state index contributed by atoms with van der Waals surface area (Å²) >= 11 is 0. The van der Waals surface area contributed by atoms with Crippen molar-refractivity contribution in [3.8, 4) is 0 Å². The van der Waals surface area contributed by atoms with Gasteiger partial charge in [0.05, 0.1) is 0 Å². The van der Waals surface area contributed by atoms with Crippen LogP contribution in [0.3, 0.4) is 0 Å². The number of aromatic nitrogens is 2. The lowest BCUT2D eigenvalue weighted by Crippen LogP contribution is -2.41. The van der Waals surface area contributed by atoms with Gasteiger partial charge in [-0.1, -0.05) is 0 Å². The summed E-state index contributed by atoms with van der Waals surface area (Å²) in [5.41, 5.74) is 0. The lowest BCUT2D eigenvalue weighted by atomic mass is 10.0. The van der Waals surface area contributed by atoms with E-state index in [-0.39, 0.29) is 0 Å². The molecule has 60 valence electrons. The summed E-state index contributed by atoms with van der Waals surface area (Å²) in [6.45, 7) is 5.37. The molecule has 1 saturated heterocycles. The number of nitrogens with one attached hydrogen (secondary N) is 1. The van der Waals surface area contributed by atoms with Crippen LogP contribution < -0.4 is 5.32 Å². The topological polar surface area (TPSA) is 29.9 Å². The summed E-state index contributed by atoms with van der Waals surface area (Å²) in [6.07, 6.45) is 3.94. The molecule has 0 spiro atoms. The zero-order valence-corrected chi connectivity index (χ0v) is 6.75. The fourth-order valence-corrected chi connectivity index (χ4v) is 1.42. The SMILES string of the molecule is CCn1ccnc1C1CNC1. The molecular formula is C8H13N3. The molecule has 0 atom stereocenters. The number of aryl methyl sites for hydroxylation is 1. The molecule has 2 heterocycles. The average molecular weight is 151 g/mol. The second-order valence-corrected chi connectivity index (χ2v) is 2.93. The molecule has 11 heavy (non-hydrogen) atoms. The lowest BCUT2D eigenvalue weighted by molar-refractivity contribution is 0.416. The van der Waals surface area contributed by atoms with Crippen LogP contribution in [0.25, 0.3) is 0 Å². The molecule has 0 aromatic carbocycles. The summed E-state index contributed by atoms with van der Waals surface area (Å²) in [7, 11) is 0. The summed E-state index contributed by atoms with van der Waals surface area (Å²) in [4.78, 5) is 4.33. The Morgan fingerprint density at radius 3 is 3.09 bits per heavy atom. The molecule has 3 heteroatoms. The fourth-order valence-electron chi connectivity index (χ4n) is 1.42. The second-order valence-electron chi connectivity index (χ2n) is 2.93. The number of hydrogen-bond donors (Lipinski definition) is 1. The Balaban J connectivity index is 2.20. The molecule has 1 aliphatic rings. The van der Waals surface area contributed by atoms with Gasteiger partial charge in [-0.3, -0.25) is 0 Å². The molecule has 1 N–H and O–H groups in total. The highest BCUT2D eigenvalue weighted by Crippen LogP contribution is 2.17. The number of hydrogen-bond acceptors (Lipinski definition) is 2. The van der Waals surface area contributed by atoms with E-state index in [1.165, 1.54) is 5.82 Å². The van der Waals surface area contributed by atoms with Crippen molar-refractivity contribution in [1.29, 1.82) is 0 Å². The highest BCUT2D eigenvalue weighted by molar-refractivity contribution is 5.06. The van der Waals surface area contributed by atoms with E-state index in [1.807, 2.05) is 12.4 Å². The van der Waals surface area contributed by atoms with E-state index < -0.39 is 0 Å². The fraction of sp³-hybridized carbons (Fsp3) is 0.625. The van der Waals surface area contributed by atoms with Crippen molar-refractivity contribution in [2.75, 3.05) is 13.1 Å². The molecule has 1 aromatic rings. The number of imidazole rings is 1. The van der Waals surface area contributed by atoms with E-state index in [0.717, 1.165) is 19.6 Å². The minimum atomic E-state index is 0.657. The van der Waals surface area contributed by atoms with Crippen molar-refractivity contribution >= 4 is 0 Å². The Morgan fingerprint density at radius 1 is 1.73 bits per heavy atom. The monoisotopic (exact) mass is 151 g/mol. The van der Waals surface area contributed by atoms with Crippen molar-refractivity contribution in [2.45, 2.75) is 19.4 Å². The summed E-state index contributed by atoms with van der Waals surface area (Å²) < 4.78 is 2.21. The molecule has 3 nitrogen and oxygen atoms in total. The van der Waals surface area contributed by atoms with E-state index in [2.05, 4.69) is 21.8 Å². The first-order valence-corrected chi connectivity index (χ1v) is 4.13. The molecule has 0 radical (unpaired) electrons. The summed E-state index contributed by atoms with van der Waals surface area (Å²) in [5, 5.41) is 3.25. The molecule has 0 amide bonds. The van der Waals surface area contributed by atoms with Gasteiger partial charge in [0.2, 0.25) is 0 Å². The number of nitrogens with zero attached hydrogens (tertiary/aromatic N) is 2. The Labute approximate surface area is 66.4 Å². The van der Waals surface area contributed by atoms with Crippen LogP contribution in [0.2, 0.25) is 0 Å². The van der Waals surface area contributed by atoms with Gasteiger partial charge in [0.15, 0.2) is 0 Å². The maximum atomic E-state index is 4.33. The van der Waals surface area contributed by atoms with Crippen molar-refractivity contribution in [3.63, 3.8) is 0 Å². The minimum Gasteiger partial charge on any atom is -0.335 e. The average Bonchev–Trinajstić information content (AvgIpc) is 2.32. The maximum Gasteiger partial charge on any atom is 0.114 e. The first kappa shape index (κ1) is 6.85. The first-order valence-electron chi connectivity index (χ1n) is 4.13. The van der Waals surface area contributed by atoms with Gasteiger partial charge >= 0.3 is 0 Å². The molecule has 0 bridgehead atoms. The third-order valence-electron chi connectivity index (χ3n) is 2.23. The normalized spacial score (nSPS) is 18.3. The molecule has 0 aliphatic carbocycles. The van der Waals surface area contributed by atoms with Crippen LogP contribution >= 0.6 is 0 Å². The van der Waals surface area contributed by atoms with Crippen LogP contribution in [-0.2, 0) is 6.54 Å². The highest BCUT2D eigenvalue weighted by atomic mass is 15.1. The van der Waals surface area contributed by atoms with Gasteiger partial charge in [-0.05, 0) is 6.92 Å².